The standard InChI is InChI=1S/C10H13NO2/c12-5-4-11-9-1-2-10-8(7-9)3-6-13-10/h1-2,7,11-12H,3-6H2. The first-order valence-corrected chi connectivity index (χ1v) is 4.50. The quantitative estimate of drug-likeness (QED) is 0.728. The van der Waals surface area contributed by atoms with Crippen molar-refractivity contribution < 1.29 is 9.84 Å². The summed E-state index contributed by atoms with van der Waals surface area (Å²) in [5, 5.41) is 11.8. The molecule has 0 spiro atoms. The van der Waals surface area contributed by atoms with Crippen LogP contribution in [0.25, 0.3) is 0 Å². The van der Waals surface area contributed by atoms with E-state index in [1.807, 2.05) is 12.1 Å². The van der Waals surface area contributed by atoms with Crippen LogP contribution < -0.4 is 10.1 Å². The van der Waals surface area contributed by atoms with Crippen molar-refractivity contribution >= 4 is 5.69 Å². The maximum absolute atomic E-state index is 8.63. The van der Waals surface area contributed by atoms with Gasteiger partial charge >= 0.3 is 0 Å². The molecule has 1 aliphatic heterocycles. The van der Waals surface area contributed by atoms with Gasteiger partial charge in [-0.2, -0.15) is 0 Å². The highest BCUT2D eigenvalue weighted by Gasteiger charge is 2.11. The molecule has 2 N–H and O–H groups in total. The molecular formula is C10H13NO2. The average Bonchev–Trinajstić information content (AvgIpc) is 2.61. The summed E-state index contributed by atoms with van der Waals surface area (Å²) in [4.78, 5) is 0. The van der Waals surface area contributed by atoms with E-state index in [0.29, 0.717) is 6.54 Å². The number of aliphatic hydroxyl groups is 1. The predicted molar refractivity (Wildman–Crippen MR) is 51.2 cm³/mol. The van der Waals surface area contributed by atoms with Gasteiger partial charge in [0.2, 0.25) is 0 Å². The first-order chi connectivity index (χ1) is 6.40. The minimum atomic E-state index is 0.160. The van der Waals surface area contributed by atoms with E-state index in [-0.39, 0.29) is 6.61 Å². The number of aliphatic hydroxyl groups excluding tert-OH is 1. The fraction of sp³-hybridized carbons (Fsp3) is 0.400. The maximum atomic E-state index is 8.63. The summed E-state index contributed by atoms with van der Waals surface area (Å²) in [5.74, 6) is 0.995. The Labute approximate surface area is 77.3 Å². The maximum Gasteiger partial charge on any atom is 0.122 e. The summed E-state index contributed by atoms with van der Waals surface area (Å²) in [6, 6.07) is 6.03. The van der Waals surface area contributed by atoms with E-state index >= 15 is 0 Å². The molecule has 70 valence electrons. The molecule has 3 nitrogen and oxygen atoms in total. The van der Waals surface area contributed by atoms with Crippen molar-refractivity contribution in [1.82, 2.24) is 0 Å². The fourth-order valence-electron chi connectivity index (χ4n) is 1.50. The highest BCUT2D eigenvalue weighted by Crippen LogP contribution is 2.27. The fourth-order valence-corrected chi connectivity index (χ4v) is 1.50. The Morgan fingerprint density at radius 2 is 2.38 bits per heavy atom. The highest BCUT2D eigenvalue weighted by molar-refractivity contribution is 5.52. The van der Waals surface area contributed by atoms with E-state index in [1.54, 1.807) is 0 Å². The lowest BCUT2D eigenvalue weighted by molar-refractivity contribution is 0.311. The van der Waals surface area contributed by atoms with Crippen LogP contribution in [-0.2, 0) is 6.42 Å². The van der Waals surface area contributed by atoms with Gasteiger partial charge in [0, 0.05) is 18.7 Å². The van der Waals surface area contributed by atoms with Crippen LogP contribution in [0.1, 0.15) is 5.56 Å². The second kappa shape index (κ2) is 3.66. The van der Waals surface area contributed by atoms with E-state index in [2.05, 4.69) is 11.4 Å². The number of nitrogens with one attached hydrogen (secondary N) is 1. The second-order valence-corrected chi connectivity index (χ2v) is 3.07. The van der Waals surface area contributed by atoms with Gasteiger partial charge in [-0.1, -0.05) is 0 Å². The Balaban J connectivity index is 2.12. The van der Waals surface area contributed by atoms with Crippen molar-refractivity contribution in [1.29, 1.82) is 0 Å². The van der Waals surface area contributed by atoms with Crippen molar-refractivity contribution in [3.63, 3.8) is 0 Å². The van der Waals surface area contributed by atoms with Gasteiger partial charge in [-0.3, -0.25) is 0 Å². The Hall–Kier alpha value is -1.22. The predicted octanol–water partition coefficient (Wildman–Crippen LogP) is 1.03. The lowest BCUT2D eigenvalue weighted by Crippen LogP contribution is -2.05. The number of fused-ring (bicyclic) bond motifs is 1. The van der Waals surface area contributed by atoms with Crippen LogP contribution in [0.15, 0.2) is 18.2 Å². The third kappa shape index (κ3) is 1.75. The zero-order valence-corrected chi connectivity index (χ0v) is 7.42. The summed E-state index contributed by atoms with van der Waals surface area (Å²) in [6.45, 7) is 1.55. The van der Waals surface area contributed by atoms with Crippen molar-refractivity contribution in [2.24, 2.45) is 0 Å². The van der Waals surface area contributed by atoms with Gasteiger partial charge < -0.3 is 15.2 Å². The molecule has 1 heterocycles. The molecule has 0 aromatic heterocycles. The minimum absolute atomic E-state index is 0.160. The minimum Gasteiger partial charge on any atom is -0.493 e. The summed E-state index contributed by atoms with van der Waals surface area (Å²) in [7, 11) is 0. The van der Waals surface area contributed by atoms with Gasteiger partial charge in [-0.25, -0.2) is 0 Å². The topological polar surface area (TPSA) is 41.5 Å². The van der Waals surface area contributed by atoms with Gasteiger partial charge in [-0.15, -0.1) is 0 Å². The van der Waals surface area contributed by atoms with Gasteiger partial charge in [0.05, 0.1) is 13.2 Å². The Morgan fingerprint density at radius 1 is 1.46 bits per heavy atom. The van der Waals surface area contributed by atoms with E-state index in [1.165, 1.54) is 5.56 Å². The van der Waals surface area contributed by atoms with Crippen LogP contribution in [0.4, 0.5) is 5.69 Å². The molecule has 0 radical (unpaired) electrons. The monoisotopic (exact) mass is 179 g/mol. The lowest BCUT2D eigenvalue weighted by Gasteiger charge is -2.05. The van der Waals surface area contributed by atoms with Crippen molar-refractivity contribution in [2.75, 3.05) is 25.1 Å². The van der Waals surface area contributed by atoms with Crippen molar-refractivity contribution in [3.8, 4) is 5.75 Å². The summed E-state index contributed by atoms with van der Waals surface area (Å²) >= 11 is 0. The molecule has 0 amide bonds. The SMILES string of the molecule is OCCNc1ccc2c(c1)CCO2. The molecule has 3 heteroatoms. The Morgan fingerprint density at radius 3 is 3.23 bits per heavy atom. The Kier molecular flexibility index (Phi) is 2.36. The number of anilines is 1. The summed E-state index contributed by atoms with van der Waals surface area (Å²) in [6.07, 6.45) is 0.990. The van der Waals surface area contributed by atoms with E-state index < -0.39 is 0 Å². The van der Waals surface area contributed by atoms with Crippen LogP contribution in [0.3, 0.4) is 0 Å². The van der Waals surface area contributed by atoms with Crippen LogP contribution in [0.2, 0.25) is 0 Å². The highest BCUT2D eigenvalue weighted by atomic mass is 16.5. The smallest absolute Gasteiger partial charge is 0.122 e. The van der Waals surface area contributed by atoms with Crippen LogP contribution in [0.5, 0.6) is 5.75 Å². The number of hydrogen-bond acceptors (Lipinski definition) is 3. The van der Waals surface area contributed by atoms with E-state index in [9.17, 15) is 0 Å². The van der Waals surface area contributed by atoms with Crippen LogP contribution in [-0.4, -0.2) is 24.9 Å². The molecule has 0 saturated heterocycles. The molecule has 0 atom stereocenters. The van der Waals surface area contributed by atoms with Crippen LogP contribution in [0, 0.1) is 0 Å². The van der Waals surface area contributed by atoms with E-state index in [0.717, 1.165) is 24.5 Å². The number of rotatable bonds is 3. The first kappa shape index (κ1) is 8.38. The molecule has 0 fully saturated rings. The third-order valence-corrected chi connectivity index (χ3v) is 2.13. The molecular weight excluding hydrogens is 166 g/mol. The van der Waals surface area contributed by atoms with Gasteiger partial charge in [-0.05, 0) is 23.8 Å². The average molecular weight is 179 g/mol. The normalized spacial score (nSPS) is 13.6. The van der Waals surface area contributed by atoms with Gasteiger partial charge in [0.15, 0.2) is 0 Å². The van der Waals surface area contributed by atoms with Crippen LogP contribution >= 0.6 is 0 Å². The first-order valence-electron chi connectivity index (χ1n) is 4.50. The molecule has 1 aromatic rings. The molecule has 2 rings (SSSR count). The van der Waals surface area contributed by atoms with Gasteiger partial charge in [0.1, 0.15) is 5.75 Å². The molecule has 0 aliphatic carbocycles. The second-order valence-electron chi connectivity index (χ2n) is 3.07. The molecule has 0 saturated carbocycles. The molecule has 1 aliphatic rings. The zero-order valence-electron chi connectivity index (χ0n) is 7.42. The number of ether oxygens (including phenoxy) is 1. The molecule has 1 aromatic carbocycles. The molecule has 0 bridgehead atoms. The Bertz CT molecular complexity index is 299. The zero-order chi connectivity index (χ0) is 9.10. The number of benzene rings is 1. The molecule has 13 heavy (non-hydrogen) atoms. The lowest BCUT2D eigenvalue weighted by atomic mass is 10.1. The third-order valence-electron chi connectivity index (χ3n) is 2.13. The number of hydrogen-bond donors (Lipinski definition) is 2. The summed E-state index contributed by atoms with van der Waals surface area (Å²) in [5.41, 5.74) is 2.31. The van der Waals surface area contributed by atoms with Gasteiger partial charge in [0.25, 0.3) is 0 Å². The largest absolute Gasteiger partial charge is 0.493 e. The van der Waals surface area contributed by atoms with Crippen molar-refractivity contribution in [3.05, 3.63) is 23.8 Å². The molecule has 0 unspecified atom stereocenters. The summed E-state index contributed by atoms with van der Waals surface area (Å²) < 4.78 is 5.38. The van der Waals surface area contributed by atoms with Crippen molar-refractivity contribution in [2.45, 2.75) is 6.42 Å². The van der Waals surface area contributed by atoms with E-state index in [4.69, 9.17) is 9.84 Å².